The highest BCUT2D eigenvalue weighted by atomic mass is 32.2. The van der Waals surface area contributed by atoms with Crippen LogP contribution in [0.25, 0.3) is 0 Å². The molecule has 1 saturated carbocycles. The number of hydrogen-bond acceptors (Lipinski definition) is 7. The van der Waals surface area contributed by atoms with Crippen LogP contribution in [-0.2, 0) is 10.2 Å². The molecular formula is C26H42N6O4S. The third kappa shape index (κ3) is 5.48. The van der Waals surface area contributed by atoms with Gasteiger partial charge in [0.2, 0.25) is 0 Å². The highest BCUT2D eigenvalue weighted by molar-refractivity contribution is 7.86. The Balaban J connectivity index is 1.00. The minimum Gasteiger partial charge on any atom is -0.360 e. The molecule has 5 fully saturated rings. The molecule has 206 valence electrons. The zero-order valence-electron chi connectivity index (χ0n) is 22.1. The Labute approximate surface area is 220 Å². The zero-order chi connectivity index (χ0) is 25.6. The van der Waals surface area contributed by atoms with Crippen molar-refractivity contribution in [1.82, 2.24) is 28.9 Å². The van der Waals surface area contributed by atoms with Crippen molar-refractivity contribution >= 4 is 16.1 Å². The van der Waals surface area contributed by atoms with Crippen LogP contribution < -0.4 is 5.32 Å². The minimum atomic E-state index is -3.50. The Hall–Kier alpha value is -1.53. The Morgan fingerprint density at radius 3 is 2.38 bits per heavy atom. The summed E-state index contributed by atoms with van der Waals surface area (Å²) >= 11 is 0. The van der Waals surface area contributed by atoms with E-state index in [2.05, 4.69) is 27.3 Å². The van der Waals surface area contributed by atoms with Crippen molar-refractivity contribution in [3.05, 3.63) is 17.5 Å². The predicted octanol–water partition coefficient (Wildman–Crippen LogP) is 2.01. The van der Waals surface area contributed by atoms with Crippen molar-refractivity contribution in [1.29, 1.82) is 0 Å². The van der Waals surface area contributed by atoms with E-state index in [1.165, 1.54) is 25.9 Å². The molecule has 2 bridgehead atoms. The van der Waals surface area contributed by atoms with Crippen molar-refractivity contribution in [2.75, 3.05) is 46.3 Å². The number of nitrogens with one attached hydrogen (secondary N) is 1. The monoisotopic (exact) mass is 534 g/mol. The van der Waals surface area contributed by atoms with Crippen LogP contribution in [0.1, 0.15) is 86.4 Å². The highest BCUT2D eigenvalue weighted by Gasteiger charge is 2.49. The lowest BCUT2D eigenvalue weighted by atomic mass is 9.99. The summed E-state index contributed by atoms with van der Waals surface area (Å²) < 4.78 is 36.3. The maximum atomic E-state index is 13.7. The lowest BCUT2D eigenvalue weighted by Gasteiger charge is -2.43. The Morgan fingerprint density at radius 1 is 1.05 bits per heavy atom. The number of carbonyl (C=O) groups is 1. The molecule has 4 saturated heterocycles. The topological polar surface area (TPSA) is 102 Å². The van der Waals surface area contributed by atoms with E-state index in [1.54, 1.807) is 14.7 Å². The van der Waals surface area contributed by atoms with Crippen molar-refractivity contribution < 1.29 is 17.7 Å². The largest absolute Gasteiger partial charge is 0.360 e. The molecule has 5 heterocycles. The van der Waals surface area contributed by atoms with Crippen LogP contribution in [0.2, 0.25) is 0 Å². The van der Waals surface area contributed by atoms with Gasteiger partial charge in [0.05, 0.1) is 0 Å². The lowest BCUT2D eigenvalue weighted by Crippen LogP contribution is -2.57. The average molecular weight is 535 g/mol. The summed E-state index contributed by atoms with van der Waals surface area (Å²) in [5.41, 5.74) is 0.331. The van der Waals surface area contributed by atoms with E-state index in [9.17, 15) is 13.2 Å². The fourth-order valence-electron chi connectivity index (χ4n) is 6.98. The quantitative estimate of drug-likeness (QED) is 0.517. The molecule has 0 radical (unpaired) electrons. The lowest BCUT2D eigenvalue weighted by molar-refractivity contribution is 0.0896. The number of rotatable bonds is 9. The Morgan fingerprint density at radius 2 is 1.73 bits per heavy atom. The summed E-state index contributed by atoms with van der Waals surface area (Å²) in [6, 6.07) is 2.08. The highest BCUT2D eigenvalue weighted by Crippen LogP contribution is 2.41. The second-order valence-corrected chi connectivity index (χ2v) is 13.7. The molecule has 1 aliphatic carbocycles. The van der Waals surface area contributed by atoms with Gasteiger partial charge in [-0.05, 0) is 84.3 Å². The standard InChI is InChI=1S/C26H42N6O4S/c1-29(14-15-30-10-2-3-11-30)21-8-12-31(13-9-21)37(34,35)32-22-6-7-23(32)17-20(16-22)27-26(33)24-18-25(36-28-24)19-4-5-19/h18-23H,2-17H2,1H3,(H,27,33)/t20-,22+,23-. The van der Waals surface area contributed by atoms with Gasteiger partial charge in [0.1, 0.15) is 5.76 Å². The van der Waals surface area contributed by atoms with Crippen LogP contribution >= 0.6 is 0 Å². The van der Waals surface area contributed by atoms with E-state index in [-0.39, 0.29) is 24.0 Å². The Kier molecular flexibility index (Phi) is 7.34. The first kappa shape index (κ1) is 25.7. The molecule has 5 aliphatic rings. The van der Waals surface area contributed by atoms with E-state index in [1.807, 2.05) is 0 Å². The number of nitrogens with zero attached hydrogens (tertiary/aromatic N) is 5. The van der Waals surface area contributed by atoms with Gasteiger partial charge in [-0.2, -0.15) is 17.0 Å². The number of amides is 1. The molecule has 37 heavy (non-hydrogen) atoms. The van der Waals surface area contributed by atoms with Crippen molar-refractivity contribution in [2.24, 2.45) is 0 Å². The van der Waals surface area contributed by atoms with Crippen LogP contribution in [0.4, 0.5) is 0 Å². The molecule has 3 atom stereocenters. The first-order chi connectivity index (χ1) is 17.9. The fraction of sp³-hybridized carbons (Fsp3) is 0.846. The predicted molar refractivity (Wildman–Crippen MR) is 139 cm³/mol. The zero-order valence-corrected chi connectivity index (χ0v) is 22.9. The molecule has 1 N–H and O–H groups in total. The number of aromatic nitrogens is 1. The van der Waals surface area contributed by atoms with E-state index in [4.69, 9.17) is 4.52 Å². The molecule has 4 aliphatic heterocycles. The minimum absolute atomic E-state index is 0.0347. The molecule has 1 amide bonds. The summed E-state index contributed by atoms with van der Waals surface area (Å²) in [6.45, 7) is 5.78. The Bertz CT molecular complexity index is 1050. The van der Waals surface area contributed by atoms with Gasteiger partial charge < -0.3 is 19.6 Å². The summed E-state index contributed by atoms with van der Waals surface area (Å²) in [4.78, 5) is 17.7. The van der Waals surface area contributed by atoms with Gasteiger partial charge in [-0.3, -0.25) is 4.79 Å². The maximum Gasteiger partial charge on any atom is 0.282 e. The van der Waals surface area contributed by atoms with E-state index >= 15 is 0 Å². The van der Waals surface area contributed by atoms with Crippen molar-refractivity contribution in [3.8, 4) is 0 Å². The second kappa shape index (κ2) is 10.6. The molecule has 11 heteroatoms. The fourth-order valence-corrected chi connectivity index (χ4v) is 9.05. The number of carbonyl (C=O) groups excluding carboxylic acids is 1. The normalized spacial score (nSPS) is 30.4. The maximum absolute atomic E-state index is 13.7. The molecule has 0 unspecified atom stereocenters. The average Bonchev–Trinajstić information content (AvgIpc) is 3.27. The molecule has 10 nitrogen and oxygen atoms in total. The second-order valence-electron chi connectivity index (χ2n) is 11.9. The molecule has 0 spiro atoms. The van der Waals surface area contributed by atoms with Crippen molar-refractivity contribution in [2.45, 2.75) is 94.3 Å². The van der Waals surface area contributed by atoms with Crippen LogP contribution in [0, 0.1) is 0 Å². The number of hydrogen-bond donors (Lipinski definition) is 1. The first-order valence-corrected chi connectivity index (χ1v) is 15.8. The van der Waals surface area contributed by atoms with Crippen molar-refractivity contribution in [3.63, 3.8) is 0 Å². The molecule has 6 rings (SSSR count). The summed E-state index contributed by atoms with van der Waals surface area (Å²) in [5.74, 6) is 0.999. The number of likely N-dealkylation sites (N-methyl/N-ethyl adjacent to an activating group) is 1. The number of likely N-dealkylation sites (tertiary alicyclic amines) is 1. The third-order valence-electron chi connectivity index (χ3n) is 9.35. The van der Waals surface area contributed by atoms with E-state index in [0.29, 0.717) is 43.6 Å². The first-order valence-electron chi connectivity index (χ1n) is 14.4. The van der Waals surface area contributed by atoms with E-state index in [0.717, 1.165) is 57.4 Å². The number of piperidine rings is 2. The van der Waals surface area contributed by atoms with Crippen LogP contribution in [-0.4, -0.2) is 108 Å². The third-order valence-corrected chi connectivity index (χ3v) is 11.5. The van der Waals surface area contributed by atoms with Gasteiger partial charge in [0.25, 0.3) is 16.1 Å². The van der Waals surface area contributed by atoms with Gasteiger partial charge >= 0.3 is 0 Å². The van der Waals surface area contributed by atoms with Gasteiger partial charge in [0, 0.05) is 62.3 Å². The van der Waals surface area contributed by atoms with Gasteiger partial charge in [-0.1, -0.05) is 5.16 Å². The van der Waals surface area contributed by atoms with Gasteiger partial charge in [-0.25, -0.2) is 0 Å². The van der Waals surface area contributed by atoms with Crippen LogP contribution in [0.5, 0.6) is 0 Å². The number of fused-ring (bicyclic) bond motifs is 2. The van der Waals surface area contributed by atoms with Crippen LogP contribution in [0.3, 0.4) is 0 Å². The molecular weight excluding hydrogens is 492 g/mol. The summed E-state index contributed by atoms with van der Waals surface area (Å²) in [7, 11) is -1.31. The SMILES string of the molecule is CN(CCN1CCCC1)C1CCN(S(=O)(=O)N2[C@@H]3CC[C@H]2C[C@@H](NC(=O)c2cc(C4CC4)on2)C3)CC1. The summed E-state index contributed by atoms with van der Waals surface area (Å²) in [6.07, 6.45) is 9.64. The molecule has 1 aromatic heterocycles. The molecule has 1 aromatic rings. The van der Waals surface area contributed by atoms with Gasteiger partial charge in [0.15, 0.2) is 5.69 Å². The molecule has 0 aromatic carbocycles. The summed E-state index contributed by atoms with van der Waals surface area (Å²) in [5, 5.41) is 7.06. The van der Waals surface area contributed by atoms with E-state index < -0.39 is 10.2 Å². The smallest absolute Gasteiger partial charge is 0.282 e. The van der Waals surface area contributed by atoms with Gasteiger partial charge in [-0.15, -0.1) is 0 Å². The van der Waals surface area contributed by atoms with Crippen LogP contribution in [0.15, 0.2) is 10.6 Å².